The molecule has 0 spiro atoms. The number of likely N-dealkylation sites (tertiary alicyclic amines) is 1. The molecule has 23 heavy (non-hydrogen) atoms. The SMILES string of the molecule is CC1CCN(c2ccc(NC(=O)N3CCCCCC3)cc2)CC1. The Labute approximate surface area is 139 Å². The van der Waals surface area contributed by atoms with Crippen molar-refractivity contribution in [3.05, 3.63) is 24.3 Å². The van der Waals surface area contributed by atoms with E-state index in [9.17, 15) is 4.79 Å². The molecule has 126 valence electrons. The molecule has 0 bridgehead atoms. The van der Waals surface area contributed by atoms with Crippen LogP contribution in [0.25, 0.3) is 0 Å². The lowest BCUT2D eigenvalue weighted by Gasteiger charge is -2.32. The Bertz CT molecular complexity index is 498. The normalized spacial score (nSPS) is 20.2. The number of hydrogen-bond donors (Lipinski definition) is 1. The number of nitrogens with one attached hydrogen (secondary N) is 1. The van der Waals surface area contributed by atoms with Gasteiger partial charge in [0.2, 0.25) is 0 Å². The van der Waals surface area contributed by atoms with Gasteiger partial charge in [-0.2, -0.15) is 0 Å². The van der Waals surface area contributed by atoms with E-state index in [-0.39, 0.29) is 6.03 Å². The predicted molar refractivity (Wildman–Crippen MR) is 96.1 cm³/mol. The van der Waals surface area contributed by atoms with Gasteiger partial charge >= 0.3 is 6.03 Å². The summed E-state index contributed by atoms with van der Waals surface area (Å²) >= 11 is 0. The minimum atomic E-state index is 0.0476. The number of anilines is 2. The van der Waals surface area contributed by atoms with Gasteiger partial charge in [-0.05, 0) is 55.9 Å². The molecule has 1 aromatic rings. The third-order valence-electron chi connectivity index (χ3n) is 5.16. The molecular formula is C19H29N3O. The Morgan fingerprint density at radius 3 is 2.17 bits per heavy atom. The largest absolute Gasteiger partial charge is 0.372 e. The molecule has 2 heterocycles. The molecule has 0 saturated carbocycles. The molecule has 2 saturated heterocycles. The van der Waals surface area contributed by atoms with Crippen LogP contribution in [0.1, 0.15) is 45.4 Å². The molecule has 2 aliphatic heterocycles. The molecule has 1 N–H and O–H groups in total. The molecule has 2 amide bonds. The maximum Gasteiger partial charge on any atom is 0.321 e. The standard InChI is InChI=1S/C19H29N3O/c1-16-10-14-21(15-11-16)18-8-6-17(7-9-18)20-19(23)22-12-4-2-3-5-13-22/h6-9,16H,2-5,10-15H2,1H3,(H,20,23). The zero-order valence-corrected chi connectivity index (χ0v) is 14.3. The van der Waals surface area contributed by atoms with Gasteiger partial charge < -0.3 is 15.1 Å². The molecule has 4 heteroatoms. The lowest BCUT2D eigenvalue weighted by atomic mass is 9.99. The Hall–Kier alpha value is -1.71. The fourth-order valence-corrected chi connectivity index (χ4v) is 3.50. The average Bonchev–Trinajstić information content (AvgIpc) is 2.86. The Balaban J connectivity index is 1.55. The fourth-order valence-electron chi connectivity index (χ4n) is 3.50. The van der Waals surface area contributed by atoms with Gasteiger partial charge in [0.15, 0.2) is 0 Å². The Kier molecular flexibility index (Phi) is 5.42. The highest BCUT2D eigenvalue weighted by molar-refractivity contribution is 5.89. The summed E-state index contributed by atoms with van der Waals surface area (Å²) < 4.78 is 0. The van der Waals surface area contributed by atoms with E-state index in [4.69, 9.17) is 0 Å². The summed E-state index contributed by atoms with van der Waals surface area (Å²) in [4.78, 5) is 16.7. The second-order valence-electron chi connectivity index (χ2n) is 7.05. The zero-order valence-electron chi connectivity index (χ0n) is 14.3. The van der Waals surface area contributed by atoms with E-state index in [1.165, 1.54) is 31.4 Å². The molecule has 3 rings (SSSR count). The summed E-state index contributed by atoms with van der Waals surface area (Å²) in [7, 11) is 0. The highest BCUT2D eigenvalue weighted by Gasteiger charge is 2.17. The van der Waals surface area contributed by atoms with Crippen LogP contribution in [0.15, 0.2) is 24.3 Å². The fraction of sp³-hybridized carbons (Fsp3) is 0.632. The summed E-state index contributed by atoms with van der Waals surface area (Å²) in [6, 6.07) is 8.38. The van der Waals surface area contributed by atoms with Crippen LogP contribution < -0.4 is 10.2 Å². The van der Waals surface area contributed by atoms with Crippen molar-refractivity contribution in [2.45, 2.75) is 45.4 Å². The van der Waals surface area contributed by atoms with Gasteiger partial charge in [0.25, 0.3) is 0 Å². The minimum Gasteiger partial charge on any atom is -0.372 e. The van der Waals surface area contributed by atoms with E-state index in [0.717, 1.165) is 50.6 Å². The van der Waals surface area contributed by atoms with Crippen molar-refractivity contribution in [1.82, 2.24) is 4.90 Å². The van der Waals surface area contributed by atoms with Crippen LogP contribution in [0.2, 0.25) is 0 Å². The smallest absolute Gasteiger partial charge is 0.321 e. The summed E-state index contributed by atoms with van der Waals surface area (Å²) in [6.07, 6.45) is 7.28. The van der Waals surface area contributed by atoms with E-state index in [2.05, 4.69) is 29.3 Å². The lowest BCUT2D eigenvalue weighted by Crippen LogP contribution is -2.35. The summed E-state index contributed by atoms with van der Waals surface area (Å²) in [5.74, 6) is 0.846. The molecule has 0 atom stereocenters. The summed E-state index contributed by atoms with van der Waals surface area (Å²) in [6.45, 7) is 6.38. The van der Waals surface area contributed by atoms with Gasteiger partial charge in [0.05, 0.1) is 0 Å². The molecule has 1 aromatic carbocycles. The number of carbonyl (C=O) groups is 1. The minimum absolute atomic E-state index is 0.0476. The highest BCUT2D eigenvalue weighted by atomic mass is 16.2. The van der Waals surface area contributed by atoms with E-state index in [0.29, 0.717) is 0 Å². The van der Waals surface area contributed by atoms with Crippen LogP contribution in [-0.2, 0) is 0 Å². The number of hydrogen-bond acceptors (Lipinski definition) is 2. The molecule has 2 aliphatic rings. The van der Waals surface area contributed by atoms with Crippen molar-refractivity contribution in [2.75, 3.05) is 36.4 Å². The average molecular weight is 315 g/mol. The van der Waals surface area contributed by atoms with Crippen LogP contribution in [0.3, 0.4) is 0 Å². The van der Waals surface area contributed by atoms with Gasteiger partial charge in [-0.25, -0.2) is 4.79 Å². The topological polar surface area (TPSA) is 35.6 Å². The molecule has 0 aliphatic carbocycles. The first-order valence-corrected chi connectivity index (χ1v) is 9.13. The maximum absolute atomic E-state index is 12.3. The van der Waals surface area contributed by atoms with Crippen molar-refractivity contribution in [1.29, 1.82) is 0 Å². The molecular weight excluding hydrogens is 286 g/mol. The molecule has 0 unspecified atom stereocenters. The molecule has 0 aromatic heterocycles. The number of amides is 2. The van der Waals surface area contributed by atoms with Crippen molar-refractivity contribution < 1.29 is 4.79 Å². The zero-order chi connectivity index (χ0) is 16.1. The highest BCUT2D eigenvalue weighted by Crippen LogP contribution is 2.24. The van der Waals surface area contributed by atoms with Gasteiger partial charge in [0.1, 0.15) is 0 Å². The van der Waals surface area contributed by atoms with Gasteiger partial charge in [-0.1, -0.05) is 19.8 Å². The number of piperidine rings is 1. The first-order valence-electron chi connectivity index (χ1n) is 9.13. The van der Waals surface area contributed by atoms with E-state index in [1.807, 2.05) is 17.0 Å². The molecule has 0 radical (unpaired) electrons. The third kappa shape index (κ3) is 4.40. The van der Waals surface area contributed by atoms with Crippen LogP contribution in [0, 0.1) is 5.92 Å². The first-order chi connectivity index (χ1) is 11.2. The second-order valence-corrected chi connectivity index (χ2v) is 7.05. The van der Waals surface area contributed by atoms with Crippen LogP contribution in [0.4, 0.5) is 16.2 Å². The molecule has 4 nitrogen and oxygen atoms in total. The summed E-state index contributed by atoms with van der Waals surface area (Å²) in [5, 5.41) is 3.05. The predicted octanol–water partition coefficient (Wildman–Crippen LogP) is 4.33. The Morgan fingerprint density at radius 1 is 0.957 bits per heavy atom. The van der Waals surface area contributed by atoms with E-state index in [1.54, 1.807) is 0 Å². The van der Waals surface area contributed by atoms with Gasteiger partial charge in [-0.15, -0.1) is 0 Å². The summed E-state index contributed by atoms with van der Waals surface area (Å²) in [5.41, 5.74) is 2.16. The van der Waals surface area contributed by atoms with Crippen molar-refractivity contribution in [2.24, 2.45) is 5.92 Å². The van der Waals surface area contributed by atoms with Crippen molar-refractivity contribution in [3.8, 4) is 0 Å². The number of urea groups is 1. The van der Waals surface area contributed by atoms with Crippen LogP contribution in [0.5, 0.6) is 0 Å². The second kappa shape index (κ2) is 7.71. The quantitative estimate of drug-likeness (QED) is 0.881. The van der Waals surface area contributed by atoms with Gasteiger partial charge in [-0.3, -0.25) is 0 Å². The first kappa shape index (κ1) is 16.2. The van der Waals surface area contributed by atoms with Gasteiger partial charge in [0, 0.05) is 37.6 Å². The van der Waals surface area contributed by atoms with Crippen molar-refractivity contribution >= 4 is 17.4 Å². The monoisotopic (exact) mass is 315 g/mol. The number of rotatable bonds is 2. The Morgan fingerprint density at radius 2 is 1.57 bits per heavy atom. The number of carbonyl (C=O) groups excluding carboxylic acids is 1. The van der Waals surface area contributed by atoms with Crippen molar-refractivity contribution in [3.63, 3.8) is 0 Å². The maximum atomic E-state index is 12.3. The third-order valence-corrected chi connectivity index (χ3v) is 5.16. The number of benzene rings is 1. The number of nitrogens with zero attached hydrogens (tertiary/aromatic N) is 2. The molecule has 2 fully saturated rings. The van der Waals surface area contributed by atoms with E-state index >= 15 is 0 Å². The van der Waals surface area contributed by atoms with Crippen LogP contribution in [-0.4, -0.2) is 37.1 Å². The lowest BCUT2D eigenvalue weighted by molar-refractivity contribution is 0.214. The van der Waals surface area contributed by atoms with E-state index < -0.39 is 0 Å². The van der Waals surface area contributed by atoms with Crippen LogP contribution >= 0.6 is 0 Å².